The Morgan fingerprint density at radius 1 is 1.00 bits per heavy atom. The third-order valence-electron chi connectivity index (χ3n) is 5.95. The topological polar surface area (TPSA) is 30.5 Å². The molecule has 1 N–H and O–H groups in total. The van der Waals surface area contributed by atoms with Gasteiger partial charge in [0.25, 0.3) is 0 Å². The highest BCUT2D eigenvalue weighted by Crippen LogP contribution is 2.37. The molecule has 0 aliphatic carbocycles. The molecule has 3 aliphatic heterocycles. The smallest absolute Gasteiger partial charge is 0.399 e. The van der Waals surface area contributed by atoms with Gasteiger partial charge in [0.15, 0.2) is 0 Å². The number of benzene rings is 1. The lowest BCUT2D eigenvalue weighted by atomic mass is 9.78. The molecule has 122 valence electrons. The first kappa shape index (κ1) is 15.4. The van der Waals surface area contributed by atoms with Crippen molar-refractivity contribution in [3.63, 3.8) is 0 Å². The maximum absolute atomic E-state index is 6.13. The highest BCUT2D eigenvalue weighted by molar-refractivity contribution is 6.62. The molecule has 1 aromatic rings. The molecule has 0 spiro atoms. The van der Waals surface area contributed by atoms with Crippen LogP contribution in [0, 0.1) is 0 Å². The minimum atomic E-state index is -0.285. The molecule has 2 fully saturated rings. The first-order valence-corrected chi connectivity index (χ1v) is 8.77. The molecule has 0 saturated carbocycles. The van der Waals surface area contributed by atoms with Crippen LogP contribution in [0.3, 0.4) is 0 Å². The summed E-state index contributed by atoms with van der Waals surface area (Å²) in [6.07, 6.45) is 6.14. The zero-order valence-electron chi connectivity index (χ0n) is 14.6. The highest BCUT2D eigenvalue weighted by atomic mass is 16.7. The molecule has 2 bridgehead atoms. The summed E-state index contributed by atoms with van der Waals surface area (Å²) in [5.41, 5.74) is 3.35. The molecule has 0 radical (unpaired) electrons. The van der Waals surface area contributed by atoms with E-state index < -0.39 is 0 Å². The Hall–Kier alpha value is -1.10. The lowest BCUT2D eigenvalue weighted by Gasteiger charge is -2.32. The van der Waals surface area contributed by atoms with Crippen molar-refractivity contribution >= 4 is 18.2 Å². The fourth-order valence-electron chi connectivity index (χ4n) is 3.77. The Labute approximate surface area is 139 Å². The minimum Gasteiger partial charge on any atom is -0.399 e. The molecule has 23 heavy (non-hydrogen) atoms. The van der Waals surface area contributed by atoms with Gasteiger partial charge in [-0.15, -0.1) is 0 Å². The Morgan fingerprint density at radius 3 is 2.26 bits per heavy atom. The molecule has 3 aliphatic rings. The molecule has 2 atom stereocenters. The highest BCUT2D eigenvalue weighted by Gasteiger charge is 2.51. The molecule has 4 rings (SSSR count). The van der Waals surface area contributed by atoms with Crippen molar-refractivity contribution in [1.82, 2.24) is 5.32 Å². The zero-order valence-corrected chi connectivity index (χ0v) is 14.6. The van der Waals surface area contributed by atoms with Crippen LogP contribution < -0.4 is 10.8 Å². The first-order chi connectivity index (χ1) is 10.8. The van der Waals surface area contributed by atoms with Gasteiger partial charge in [-0.2, -0.15) is 0 Å². The second-order valence-corrected chi connectivity index (χ2v) is 8.15. The maximum atomic E-state index is 6.13. The monoisotopic (exact) mass is 311 g/mol. The van der Waals surface area contributed by atoms with Crippen molar-refractivity contribution in [2.75, 3.05) is 0 Å². The van der Waals surface area contributed by atoms with Crippen LogP contribution in [0.2, 0.25) is 0 Å². The van der Waals surface area contributed by atoms with Gasteiger partial charge in [-0.25, -0.2) is 0 Å². The maximum Gasteiger partial charge on any atom is 0.494 e. The molecular formula is C19H26BNO2. The molecule has 2 unspecified atom stereocenters. The van der Waals surface area contributed by atoms with Gasteiger partial charge in [0.1, 0.15) is 0 Å². The van der Waals surface area contributed by atoms with Crippen molar-refractivity contribution in [2.24, 2.45) is 0 Å². The summed E-state index contributed by atoms with van der Waals surface area (Å²) in [7, 11) is -0.271. The molecule has 1 aromatic carbocycles. The summed E-state index contributed by atoms with van der Waals surface area (Å²) >= 11 is 0. The van der Waals surface area contributed by atoms with Gasteiger partial charge < -0.3 is 14.6 Å². The molecule has 2 saturated heterocycles. The summed E-state index contributed by atoms with van der Waals surface area (Å²) < 4.78 is 12.3. The zero-order chi connectivity index (χ0) is 16.2. The normalized spacial score (nSPS) is 31.3. The van der Waals surface area contributed by atoms with E-state index in [1.807, 2.05) is 0 Å². The van der Waals surface area contributed by atoms with Crippen molar-refractivity contribution in [3.8, 4) is 0 Å². The second kappa shape index (κ2) is 5.20. The van der Waals surface area contributed by atoms with E-state index in [0.29, 0.717) is 12.1 Å². The van der Waals surface area contributed by atoms with Crippen LogP contribution in [-0.4, -0.2) is 30.4 Å². The standard InChI is InChI=1S/C19H26BNO2/c1-18(2)19(3,4)23-20(22-18)15-7-5-13(6-8-15)14-11-16-9-10-17(12-14)21-16/h5-8,11,16-17,21H,9-10,12H2,1-4H3. The Morgan fingerprint density at radius 2 is 1.65 bits per heavy atom. The third kappa shape index (κ3) is 2.67. The van der Waals surface area contributed by atoms with Gasteiger partial charge in [0.05, 0.1) is 11.2 Å². The molecule has 0 aromatic heterocycles. The van der Waals surface area contributed by atoms with Crippen LogP contribution in [0.4, 0.5) is 0 Å². The summed E-state index contributed by atoms with van der Waals surface area (Å²) in [6.45, 7) is 8.38. The third-order valence-corrected chi connectivity index (χ3v) is 5.95. The van der Waals surface area contributed by atoms with Gasteiger partial charge in [-0.3, -0.25) is 0 Å². The lowest BCUT2D eigenvalue weighted by Crippen LogP contribution is -2.41. The number of fused-ring (bicyclic) bond motifs is 2. The van der Waals surface area contributed by atoms with E-state index in [4.69, 9.17) is 9.31 Å². The minimum absolute atomic E-state index is 0.271. The quantitative estimate of drug-likeness (QED) is 0.852. The Bertz CT molecular complexity index is 619. The van der Waals surface area contributed by atoms with E-state index in [2.05, 4.69) is 63.4 Å². The average Bonchev–Trinajstić information content (AvgIpc) is 2.95. The molecule has 3 nitrogen and oxygen atoms in total. The lowest BCUT2D eigenvalue weighted by molar-refractivity contribution is 0.00578. The largest absolute Gasteiger partial charge is 0.494 e. The predicted octanol–water partition coefficient (Wildman–Crippen LogP) is 2.89. The predicted molar refractivity (Wildman–Crippen MR) is 94.7 cm³/mol. The number of hydrogen-bond acceptors (Lipinski definition) is 3. The second-order valence-electron chi connectivity index (χ2n) is 8.15. The van der Waals surface area contributed by atoms with Crippen LogP contribution in [0.5, 0.6) is 0 Å². The summed E-state index contributed by atoms with van der Waals surface area (Å²) in [5.74, 6) is 0. The van der Waals surface area contributed by atoms with Crippen LogP contribution in [0.1, 0.15) is 52.5 Å². The Balaban J connectivity index is 1.53. The summed E-state index contributed by atoms with van der Waals surface area (Å²) in [6, 6.07) is 9.99. The van der Waals surface area contributed by atoms with E-state index in [1.54, 1.807) is 0 Å². The van der Waals surface area contributed by atoms with Crippen LogP contribution in [0.15, 0.2) is 30.3 Å². The average molecular weight is 311 g/mol. The molecule has 4 heteroatoms. The van der Waals surface area contributed by atoms with Gasteiger partial charge in [0, 0.05) is 12.1 Å². The number of hydrogen-bond donors (Lipinski definition) is 1. The number of nitrogens with one attached hydrogen (secondary N) is 1. The van der Waals surface area contributed by atoms with E-state index in [9.17, 15) is 0 Å². The van der Waals surface area contributed by atoms with E-state index >= 15 is 0 Å². The molecule has 3 heterocycles. The van der Waals surface area contributed by atoms with Crippen molar-refractivity contribution in [1.29, 1.82) is 0 Å². The van der Waals surface area contributed by atoms with E-state index in [1.165, 1.54) is 24.0 Å². The molecular weight excluding hydrogens is 285 g/mol. The van der Waals surface area contributed by atoms with Crippen LogP contribution in [0.25, 0.3) is 5.57 Å². The van der Waals surface area contributed by atoms with E-state index in [0.717, 1.165) is 11.9 Å². The van der Waals surface area contributed by atoms with Gasteiger partial charge in [-0.1, -0.05) is 30.3 Å². The van der Waals surface area contributed by atoms with Crippen molar-refractivity contribution in [3.05, 3.63) is 35.9 Å². The number of rotatable bonds is 2. The fourth-order valence-corrected chi connectivity index (χ4v) is 3.77. The van der Waals surface area contributed by atoms with Gasteiger partial charge >= 0.3 is 7.12 Å². The van der Waals surface area contributed by atoms with Crippen molar-refractivity contribution in [2.45, 2.75) is 70.2 Å². The van der Waals surface area contributed by atoms with Crippen LogP contribution in [-0.2, 0) is 9.31 Å². The van der Waals surface area contributed by atoms with Gasteiger partial charge in [0.2, 0.25) is 0 Å². The SMILES string of the molecule is CC1(C)OB(c2ccc(C3=CC4CCC(C3)N4)cc2)OC1(C)C. The Kier molecular flexibility index (Phi) is 3.49. The van der Waals surface area contributed by atoms with Crippen molar-refractivity contribution < 1.29 is 9.31 Å². The fraction of sp³-hybridized carbons (Fsp3) is 0.579. The van der Waals surface area contributed by atoms with Crippen LogP contribution >= 0.6 is 0 Å². The van der Waals surface area contributed by atoms with Gasteiger partial charge in [-0.05, 0) is 63.6 Å². The molecule has 0 amide bonds. The first-order valence-electron chi connectivity index (χ1n) is 8.77. The van der Waals surface area contributed by atoms with E-state index in [-0.39, 0.29) is 18.3 Å². The summed E-state index contributed by atoms with van der Waals surface area (Å²) in [4.78, 5) is 0. The summed E-state index contributed by atoms with van der Waals surface area (Å²) in [5, 5.41) is 3.65.